The first kappa shape index (κ1) is 17.8. The van der Waals surface area contributed by atoms with Gasteiger partial charge in [0.25, 0.3) is 0 Å². The lowest BCUT2D eigenvalue weighted by Gasteiger charge is -2.36. The number of carbonyl (C=O) groups is 1. The fraction of sp³-hybridized carbons (Fsp3) is 0.611. The van der Waals surface area contributed by atoms with E-state index in [9.17, 15) is 9.90 Å². The largest absolute Gasteiger partial charge is 0.454 e. The monoisotopic (exact) mass is 350 g/mol. The number of nitrogens with zero attached hydrogens (tertiary/aromatic N) is 2. The predicted octanol–water partition coefficient (Wildman–Crippen LogP) is 2.00. The van der Waals surface area contributed by atoms with Crippen LogP contribution in [0.15, 0.2) is 18.2 Å². The number of fused-ring (bicyclic) bond motifs is 1. The maximum absolute atomic E-state index is 12.1. The smallest absolute Gasteiger partial charge is 0.410 e. The van der Waals surface area contributed by atoms with Crippen LogP contribution in [0.1, 0.15) is 32.4 Å². The Morgan fingerprint density at radius 2 is 1.88 bits per heavy atom. The molecule has 25 heavy (non-hydrogen) atoms. The Morgan fingerprint density at radius 3 is 2.56 bits per heavy atom. The van der Waals surface area contributed by atoms with Crippen LogP contribution in [0.25, 0.3) is 0 Å². The van der Waals surface area contributed by atoms with E-state index in [1.807, 2.05) is 39.0 Å². The summed E-state index contributed by atoms with van der Waals surface area (Å²) < 4.78 is 16.0. The van der Waals surface area contributed by atoms with Gasteiger partial charge in [0.05, 0.1) is 6.10 Å². The number of rotatable bonds is 3. The number of β-amino-alcohol motifs (C(OH)–C–C–N with tert-alkyl or cyclic N) is 1. The Bertz CT molecular complexity index is 620. The van der Waals surface area contributed by atoms with Crippen molar-refractivity contribution in [3.63, 3.8) is 0 Å². The summed E-state index contributed by atoms with van der Waals surface area (Å²) in [5.41, 5.74) is 0.322. The van der Waals surface area contributed by atoms with Gasteiger partial charge in [0.2, 0.25) is 6.79 Å². The third-order valence-corrected chi connectivity index (χ3v) is 4.24. The van der Waals surface area contributed by atoms with Crippen LogP contribution in [0.4, 0.5) is 4.79 Å². The van der Waals surface area contributed by atoms with E-state index in [1.165, 1.54) is 0 Å². The standard InChI is InChI=1S/C18H26N2O5/c1-18(2,3)25-17(22)20-8-6-19(7-9-20)11-14(21)13-4-5-15-16(10-13)24-12-23-15/h4-5,10,14,21H,6-9,11-12H2,1-3H3/t14-/m0/s1. The molecule has 7 nitrogen and oxygen atoms in total. The van der Waals surface area contributed by atoms with E-state index < -0.39 is 11.7 Å². The number of benzene rings is 1. The number of aliphatic hydroxyl groups excluding tert-OH is 1. The van der Waals surface area contributed by atoms with Crippen LogP contribution in [0, 0.1) is 0 Å². The van der Waals surface area contributed by atoms with Crippen molar-refractivity contribution >= 4 is 6.09 Å². The lowest BCUT2D eigenvalue weighted by molar-refractivity contribution is 0.0101. The van der Waals surface area contributed by atoms with E-state index in [4.69, 9.17) is 14.2 Å². The van der Waals surface area contributed by atoms with Gasteiger partial charge >= 0.3 is 6.09 Å². The van der Waals surface area contributed by atoms with Gasteiger partial charge in [-0.25, -0.2) is 4.79 Å². The summed E-state index contributed by atoms with van der Waals surface area (Å²) in [7, 11) is 0. The van der Waals surface area contributed by atoms with Crippen LogP contribution < -0.4 is 9.47 Å². The molecule has 0 aromatic heterocycles. The summed E-state index contributed by atoms with van der Waals surface area (Å²) in [5, 5.41) is 10.5. The van der Waals surface area contributed by atoms with Crippen molar-refractivity contribution in [2.45, 2.75) is 32.5 Å². The average molecular weight is 350 g/mol. The third-order valence-electron chi connectivity index (χ3n) is 4.24. The zero-order valence-electron chi connectivity index (χ0n) is 15.0. The minimum atomic E-state index is -0.609. The lowest BCUT2D eigenvalue weighted by Crippen LogP contribution is -2.50. The molecule has 1 atom stereocenters. The van der Waals surface area contributed by atoms with Crippen molar-refractivity contribution in [1.82, 2.24) is 9.80 Å². The van der Waals surface area contributed by atoms with Crippen molar-refractivity contribution in [2.75, 3.05) is 39.5 Å². The molecule has 7 heteroatoms. The molecule has 1 aromatic carbocycles. The van der Waals surface area contributed by atoms with Gasteiger partial charge in [0.15, 0.2) is 11.5 Å². The first-order chi connectivity index (χ1) is 11.8. The molecule has 138 valence electrons. The van der Waals surface area contributed by atoms with E-state index >= 15 is 0 Å². The Hall–Kier alpha value is -1.99. The van der Waals surface area contributed by atoms with Gasteiger partial charge in [-0.05, 0) is 38.5 Å². The molecule has 0 aliphatic carbocycles. The minimum absolute atomic E-state index is 0.224. The van der Waals surface area contributed by atoms with Gasteiger partial charge in [-0.3, -0.25) is 4.90 Å². The fourth-order valence-corrected chi connectivity index (χ4v) is 2.91. The van der Waals surface area contributed by atoms with Gasteiger partial charge in [-0.2, -0.15) is 0 Å². The second-order valence-corrected chi connectivity index (χ2v) is 7.40. The molecule has 0 unspecified atom stereocenters. The summed E-state index contributed by atoms with van der Waals surface area (Å²) in [6, 6.07) is 5.50. The topological polar surface area (TPSA) is 71.5 Å². The number of carbonyl (C=O) groups excluding carboxylic acids is 1. The molecule has 0 spiro atoms. The van der Waals surface area contributed by atoms with Crippen LogP contribution in [0.2, 0.25) is 0 Å². The Labute approximate surface area is 148 Å². The van der Waals surface area contributed by atoms with Crippen molar-refractivity contribution in [1.29, 1.82) is 0 Å². The SMILES string of the molecule is CC(C)(C)OC(=O)N1CCN(C[C@H](O)c2ccc3c(c2)OCO3)CC1. The number of piperazine rings is 1. The second kappa shape index (κ2) is 7.09. The first-order valence-corrected chi connectivity index (χ1v) is 8.60. The van der Waals surface area contributed by atoms with E-state index in [0.29, 0.717) is 44.2 Å². The molecule has 2 aliphatic heterocycles. The number of amides is 1. The molecule has 0 saturated carbocycles. The van der Waals surface area contributed by atoms with Gasteiger partial charge in [0, 0.05) is 32.7 Å². The number of ether oxygens (including phenoxy) is 3. The molecule has 1 aromatic rings. The van der Waals surface area contributed by atoms with Crippen LogP contribution in [0.3, 0.4) is 0 Å². The van der Waals surface area contributed by atoms with E-state index in [2.05, 4.69) is 4.90 Å². The molecule has 1 N–H and O–H groups in total. The van der Waals surface area contributed by atoms with Gasteiger partial charge < -0.3 is 24.2 Å². The normalized spacial score (nSPS) is 19.0. The Balaban J connectivity index is 1.49. The zero-order valence-corrected chi connectivity index (χ0v) is 15.0. The maximum atomic E-state index is 12.1. The molecular weight excluding hydrogens is 324 g/mol. The van der Waals surface area contributed by atoms with Crippen LogP contribution in [0.5, 0.6) is 11.5 Å². The van der Waals surface area contributed by atoms with E-state index in [0.717, 1.165) is 5.56 Å². The summed E-state index contributed by atoms with van der Waals surface area (Å²) in [6.45, 7) is 8.95. The van der Waals surface area contributed by atoms with Crippen LogP contribution >= 0.6 is 0 Å². The Morgan fingerprint density at radius 1 is 1.20 bits per heavy atom. The van der Waals surface area contributed by atoms with Crippen LogP contribution in [-0.4, -0.2) is 66.1 Å². The van der Waals surface area contributed by atoms with E-state index in [-0.39, 0.29) is 12.9 Å². The number of hydrogen-bond donors (Lipinski definition) is 1. The zero-order chi connectivity index (χ0) is 18.0. The maximum Gasteiger partial charge on any atom is 0.410 e. The lowest BCUT2D eigenvalue weighted by atomic mass is 10.1. The molecular formula is C18H26N2O5. The molecule has 1 saturated heterocycles. The quantitative estimate of drug-likeness (QED) is 0.899. The predicted molar refractivity (Wildman–Crippen MR) is 91.8 cm³/mol. The fourth-order valence-electron chi connectivity index (χ4n) is 2.91. The second-order valence-electron chi connectivity index (χ2n) is 7.40. The number of aliphatic hydroxyl groups is 1. The number of hydrogen-bond acceptors (Lipinski definition) is 6. The summed E-state index contributed by atoms with van der Waals surface area (Å²) >= 11 is 0. The molecule has 0 radical (unpaired) electrons. The van der Waals surface area contributed by atoms with Crippen molar-refractivity contribution in [3.8, 4) is 11.5 Å². The van der Waals surface area contributed by atoms with Gasteiger partial charge in [-0.15, -0.1) is 0 Å². The Kier molecular flexibility index (Phi) is 5.06. The van der Waals surface area contributed by atoms with Crippen molar-refractivity contribution < 1.29 is 24.1 Å². The molecule has 0 bridgehead atoms. The molecule has 3 rings (SSSR count). The van der Waals surface area contributed by atoms with Crippen molar-refractivity contribution in [2.24, 2.45) is 0 Å². The summed E-state index contributed by atoms with van der Waals surface area (Å²) in [4.78, 5) is 15.9. The molecule has 1 amide bonds. The summed E-state index contributed by atoms with van der Waals surface area (Å²) in [5.74, 6) is 1.38. The highest BCUT2D eigenvalue weighted by atomic mass is 16.7. The molecule has 2 heterocycles. The molecule has 2 aliphatic rings. The average Bonchev–Trinajstić information content (AvgIpc) is 3.01. The van der Waals surface area contributed by atoms with Crippen LogP contribution in [-0.2, 0) is 4.74 Å². The van der Waals surface area contributed by atoms with Gasteiger partial charge in [-0.1, -0.05) is 6.07 Å². The highest BCUT2D eigenvalue weighted by Gasteiger charge is 2.27. The highest BCUT2D eigenvalue weighted by Crippen LogP contribution is 2.34. The first-order valence-electron chi connectivity index (χ1n) is 8.60. The van der Waals surface area contributed by atoms with Crippen molar-refractivity contribution in [3.05, 3.63) is 23.8 Å². The minimum Gasteiger partial charge on any atom is -0.454 e. The van der Waals surface area contributed by atoms with E-state index in [1.54, 1.807) is 4.90 Å². The summed E-state index contributed by atoms with van der Waals surface area (Å²) in [6.07, 6.45) is -0.883. The third kappa shape index (κ3) is 4.55. The molecule has 1 fully saturated rings. The highest BCUT2D eigenvalue weighted by molar-refractivity contribution is 5.68. The van der Waals surface area contributed by atoms with Gasteiger partial charge in [0.1, 0.15) is 5.60 Å².